The molecular weight excluding hydrogens is 232 g/mol. The fraction of sp³-hybridized carbons (Fsp3) is 0.444. The van der Waals surface area contributed by atoms with Gasteiger partial charge >= 0.3 is 5.97 Å². The second kappa shape index (κ2) is 6.19. The maximum atomic E-state index is 11.1. The minimum Gasteiger partial charge on any atom is -0.464 e. The van der Waals surface area contributed by atoms with Crippen LogP contribution in [-0.2, 0) is 20.8 Å². The van der Waals surface area contributed by atoms with E-state index in [-0.39, 0.29) is 24.8 Å². The van der Waals surface area contributed by atoms with Gasteiger partial charge < -0.3 is 14.8 Å². The maximum Gasteiger partial charge on any atom is 0.357 e. The van der Waals surface area contributed by atoms with Gasteiger partial charge in [0.15, 0.2) is 5.69 Å². The molecule has 0 atom stereocenters. The first-order valence-corrected chi connectivity index (χ1v) is 5.33. The number of ether oxygens (including phenoxy) is 2. The zero-order chi connectivity index (χ0) is 12.0. The number of rotatable bonds is 5. The van der Waals surface area contributed by atoms with Gasteiger partial charge in [0, 0.05) is 12.5 Å². The van der Waals surface area contributed by atoms with Gasteiger partial charge in [-0.2, -0.15) is 0 Å². The lowest BCUT2D eigenvalue weighted by molar-refractivity contribution is -0.124. The van der Waals surface area contributed by atoms with Crippen molar-refractivity contribution in [2.24, 2.45) is 0 Å². The van der Waals surface area contributed by atoms with Crippen molar-refractivity contribution in [2.45, 2.75) is 6.54 Å². The molecule has 6 nitrogen and oxygen atoms in total. The molecule has 0 unspecified atom stereocenters. The molecule has 1 N–H and O–H groups in total. The molecule has 0 spiro atoms. The highest BCUT2D eigenvalue weighted by atomic mass is 32.1. The van der Waals surface area contributed by atoms with E-state index in [1.165, 1.54) is 25.6 Å². The zero-order valence-corrected chi connectivity index (χ0v) is 9.80. The van der Waals surface area contributed by atoms with Gasteiger partial charge in [0.1, 0.15) is 11.6 Å². The third kappa shape index (κ3) is 3.59. The summed E-state index contributed by atoms with van der Waals surface area (Å²) in [5, 5.41) is 4.83. The quantitative estimate of drug-likeness (QED) is 0.748. The number of carbonyl (C=O) groups excluding carboxylic acids is 2. The number of methoxy groups -OCH3 is 2. The van der Waals surface area contributed by atoms with Gasteiger partial charge in [0.25, 0.3) is 0 Å². The highest BCUT2D eigenvalue weighted by molar-refractivity contribution is 7.09. The fourth-order valence-electron chi connectivity index (χ4n) is 0.947. The molecule has 0 aliphatic heterocycles. The van der Waals surface area contributed by atoms with E-state index in [9.17, 15) is 9.59 Å². The molecule has 0 aromatic carbocycles. The lowest BCUT2D eigenvalue weighted by atomic mass is 10.5. The molecule has 88 valence electrons. The van der Waals surface area contributed by atoms with Crippen LogP contribution in [0.15, 0.2) is 5.38 Å². The summed E-state index contributed by atoms with van der Waals surface area (Å²) in [4.78, 5) is 26.1. The predicted octanol–water partition coefficient (Wildman–Crippen LogP) is 0.192. The summed E-state index contributed by atoms with van der Waals surface area (Å²) in [5.74, 6) is -0.706. The second-order valence-electron chi connectivity index (χ2n) is 2.83. The van der Waals surface area contributed by atoms with Crippen LogP contribution in [0.5, 0.6) is 0 Å². The largest absolute Gasteiger partial charge is 0.464 e. The number of esters is 1. The molecule has 0 aliphatic carbocycles. The Bertz CT molecular complexity index is 377. The van der Waals surface area contributed by atoms with Gasteiger partial charge in [-0.1, -0.05) is 0 Å². The molecule has 1 amide bonds. The van der Waals surface area contributed by atoms with Crippen LogP contribution in [0.1, 0.15) is 15.5 Å². The Labute approximate surface area is 96.6 Å². The number of aromatic nitrogens is 1. The summed E-state index contributed by atoms with van der Waals surface area (Å²) in [6.07, 6.45) is 0. The number of hydrogen-bond donors (Lipinski definition) is 1. The van der Waals surface area contributed by atoms with E-state index in [0.29, 0.717) is 5.01 Å². The number of nitrogens with one attached hydrogen (secondary N) is 1. The molecule has 0 fully saturated rings. The third-order valence-electron chi connectivity index (χ3n) is 1.66. The average molecular weight is 244 g/mol. The van der Waals surface area contributed by atoms with E-state index < -0.39 is 5.97 Å². The topological polar surface area (TPSA) is 77.5 Å². The van der Waals surface area contributed by atoms with Gasteiger partial charge in [-0.15, -0.1) is 11.3 Å². The molecule has 1 aromatic rings. The first kappa shape index (κ1) is 12.6. The Morgan fingerprint density at radius 2 is 2.25 bits per heavy atom. The summed E-state index contributed by atoms with van der Waals surface area (Å²) < 4.78 is 9.16. The van der Waals surface area contributed by atoms with E-state index in [2.05, 4.69) is 19.8 Å². The predicted molar refractivity (Wildman–Crippen MR) is 57.2 cm³/mol. The van der Waals surface area contributed by atoms with Crippen LogP contribution in [0, 0.1) is 0 Å². The van der Waals surface area contributed by atoms with Crippen LogP contribution in [0.3, 0.4) is 0 Å². The normalized spacial score (nSPS) is 9.88. The number of carbonyl (C=O) groups is 2. The van der Waals surface area contributed by atoms with Gasteiger partial charge in [-0.3, -0.25) is 4.79 Å². The van der Waals surface area contributed by atoms with E-state index in [1.54, 1.807) is 5.38 Å². The van der Waals surface area contributed by atoms with Crippen LogP contribution >= 0.6 is 11.3 Å². The molecule has 1 heterocycles. The van der Waals surface area contributed by atoms with Crippen molar-refractivity contribution in [3.8, 4) is 0 Å². The third-order valence-corrected chi connectivity index (χ3v) is 2.51. The van der Waals surface area contributed by atoms with Crippen LogP contribution < -0.4 is 5.32 Å². The van der Waals surface area contributed by atoms with Crippen molar-refractivity contribution in [1.29, 1.82) is 0 Å². The van der Waals surface area contributed by atoms with Crippen LogP contribution in [0.4, 0.5) is 0 Å². The molecule has 0 aliphatic rings. The standard InChI is InChI=1S/C9H12N2O4S/c1-14-4-7(12)10-3-8-11-6(5-16-8)9(13)15-2/h5H,3-4H2,1-2H3,(H,10,12). The van der Waals surface area contributed by atoms with Crippen molar-refractivity contribution in [3.05, 3.63) is 16.1 Å². The number of thiazole rings is 1. The Morgan fingerprint density at radius 1 is 1.50 bits per heavy atom. The molecule has 0 saturated heterocycles. The highest BCUT2D eigenvalue weighted by Gasteiger charge is 2.10. The Hall–Kier alpha value is -1.47. The second-order valence-corrected chi connectivity index (χ2v) is 3.77. The van der Waals surface area contributed by atoms with Crippen LogP contribution in [-0.4, -0.2) is 37.7 Å². The first-order valence-electron chi connectivity index (χ1n) is 4.45. The molecule has 0 bridgehead atoms. The summed E-state index contributed by atoms with van der Waals surface area (Å²) in [6.45, 7) is 0.291. The minimum absolute atomic E-state index is 0.00916. The number of amides is 1. The molecule has 7 heteroatoms. The smallest absolute Gasteiger partial charge is 0.357 e. The lowest BCUT2D eigenvalue weighted by Gasteiger charge is -2.00. The Morgan fingerprint density at radius 3 is 2.88 bits per heavy atom. The van der Waals surface area contributed by atoms with Crippen molar-refractivity contribution in [1.82, 2.24) is 10.3 Å². The fourth-order valence-corrected chi connectivity index (χ4v) is 1.65. The number of hydrogen-bond acceptors (Lipinski definition) is 6. The van der Waals surface area contributed by atoms with Gasteiger partial charge in [0.05, 0.1) is 13.7 Å². The van der Waals surface area contributed by atoms with E-state index >= 15 is 0 Å². The average Bonchev–Trinajstić information content (AvgIpc) is 2.74. The first-order chi connectivity index (χ1) is 7.67. The van der Waals surface area contributed by atoms with E-state index in [4.69, 9.17) is 0 Å². The summed E-state index contributed by atoms with van der Waals surface area (Å²) in [7, 11) is 2.74. The van der Waals surface area contributed by atoms with E-state index in [0.717, 1.165) is 0 Å². The molecule has 16 heavy (non-hydrogen) atoms. The van der Waals surface area contributed by atoms with Crippen LogP contribution in [0.2, 0.25) is 0 Å². The molecule has 1 rings (SSSR count). The Balaban J connectivity index is 2.46. The zero-order valence-electron chi connectivity index (χ0n) is 8.98. The van der Waals surface area contributed by atoms with Crippen molar-refractivity contribution in [3.63, 3.8) is 0 Å². The monoisotopic (exact) mass is 244 g/mol. The van der Waals surface area contributed by atoms with Crippen molar-refractivity contribution >= 4 is 23.2 Å². The van der Waals surface area contributed by atoms with Gasteiger partial charge in [0.2, 0.25) is 5.91 Å². The van der Waals surface area contributed by atoms with Crippen molar-refractivity contribution in [2.75, 3.05) is 20.8 Å². The minimum atomic E-state index is -0.481. The van der Waals surface area contributed by atoms with Crippen molar-refractivity contribution < 1.29 is 19.1 Å². The highest BCUT2D eigenvalue weighted by Crippen LogP contribution is 2.10. The number of nitrogens with zero attached hydrogens (tertiary/aromatic N) is 1. The summed E-state index contributed by atoms with van der Waals surface area (Å²) in [6, 6.07) is 0. The van der Waals surface area contributed by atoms with Gasteiger partial charge in [-0.25, -0.2) is 9.78 Å². The SMILES string of the molecule is COCC(=O)NCc1nc(C(=O)OC)cs1. The van der Waals surface area contributed by atoms with Gasteiger partial charge in [-0.05, 0) is 0 Å². The van der Waals surface area contributed by atoms with E-state index in [1.807, 2.05) is 0 Å². The molecule has 0 saturated carbocycles. The Kier molecular flexibility index (Phi) is 4.87. The van der Waals surface area contributed by atoms with Crippen LogP contribution in [0.25, 0.3) is 0 Å². The molecular formula is C9H12N2O4S. The maximum absolute atomic E-state index is 11.1. The summed E-state index contributed by atoms with van der Waals surface area (Å²) in [5.41, 5.74) is 0.253. The molecule has 0 radical (unpaired) electrons. The summed E-state index contributed by atoms with van der Waals surface area (Å²) >= 11 is 1.29. The molecule has 1 aromatic heterocycles. The lowest BCUT2D eigenvalue weighted by Crippen LogP contribution is -2.26.